The van der Waals surface area contributed by atoms with Crippen molar-refractivity contribution in [3.05, 3.63) is 47.0 Å². The number of aliphatic hydroxyl groups is 1. The Morgan fingerprint density at radius 2 is 1.92 bits per heavy atom. The summed E-state index contributed by atoms with van der Waals surface area (Å²) in [6.07, 6.45) is -5.81. The van der Waals surface area contributed by atoms with Gasteiger partial charge in [-0.05, 0) is 6.07 Å². The lowest BCUT2D eigenvalue weighted by atomic mass is 10.1. The molecule has 5 nitrogen and oxygen atoms in total. The summed E-state index contributed by atoms with van der Waals surface area (Å²) < 4.78 is 65.8. The number of aromatic nitrogens is 3. The summed E-state index contributed by atoms with van der Waals surface area (Å²) in [5.74, 6) is -2.56. The number of benzene rings is 1. The summed E-state index contributed by atoms with van der Waals surface area (Å²) in [7, 11) is 0. The van der Waals surface area contributed by atoms with Crippen molar-refractivity contribution in [2.75, 3.05) is 13.1 Å². The van der Waals surface area contributed by atoms with E-state index in [9.17, 15) is 27.1 Å². The smallest absolute Gasteiger partial charge is 0.387 e. The maximum Gasteiger partial charge on any atom is 0.451 e. The standard InChI is InChI=1S/C14H13F5N4O/c15-8-1-2-9(10(16)5-8)11(24)6-22-3-4-23-12(7-22)20-21-13(23)14(17,18)19/h1-2,5,11,24H,3-4,6-7H2. The summed E-state index contributed by atoms with van der Waals surface area (Å²) in [6, 6.07) is 2.84. The molecule has 0 saturated carbocycles. The highest BCUT2D eigenvalue weighted by molar-refractivity contribution is 5.21. The Morgan fingerprint density at radius 1 is 1.17 bits per heavy atom. The Bertz CT molecular complexity index is 745. The van der Waals surface area contributed by atoms with Crippen LogP contribution in [-0.4, -0.2) is 37.9 Å². The maximum absolute atomic E-state index is 13.7. The number of alkyl halides is 3. The lowest BCUT2D eigenvalue weighted by Gasteiger charge is -2.29. The van der Waals surface area contributed by atoms with Crippen LogP contribution < -0.4 is 0 Å². The van der Waals surface area contributed by atoms with Crippen molar-refractivity contribution < 1.29 is 27.1 Å². The molecule has 0 radical (unpaired) electrons. The van der Waals surface area contributed by atoms with E-state index >= 15 is 0 Å². The minimum atomic E-state index is -4.58. The molecule has 2 heterocycles. The minimum absolute atomic E-state index is 0.00972. The van der Waals surface area contributed by atoms with Gasteiger partial charge in [-0.25, -0.2) is 8.78 Å². The van der Waals surface area contributed by atoms with Crippen molar-refractivity contribution in [2.45, 2.75) is 25.4 Å². The quantitative estimate of drug-likeness (QED) is 0.864. The molecular formula is C14H13F5N4O. The lowest BCUT2D eigenvalue weighted by Crippen LogP contribution is -2.37. The lowest BCUT2D eigenvalue weighted by molar-refractivity contribution is -0.148. The number of nitrogens with zero attached hydrogens (tertiary/aromatic N) is 4. The van der Waals surface area contributed by atoms with E-state index in [1.165, 1.54) is 0 Å². The van der Waals surface area contributed by atoms with Gasteiger partial charge in [0.1, 0.15) is 17.5 Å². The van der Waals surface area contributed by atoms with Gasteiger partial charge in [0.2, 0.25) is 5.82 Å². The third-order valence-corrected chi connectivity index (χ3v) is 3.84. The summed E-state index contributed by atoms with van der Waals surface area (Å²) in [5.41, 5.74) is -0.0700. The number of fused-ring (bicyclic) bond motifs is 1. The van der Waals surface area contributed by atoms with E-state index in [-0.39, 0.29) is 37.6 Å². The van der Waals surface area contributed by atoms with E-state index in [0.717, 1.165) is 16.7 Å². The largest absolute Gasteiger partial charge is 0.451 e. The second-order valence-corrected chi connectivity index (χ2v) is 5.51. The zero-order valence-corrected chi connectivity index (χ0v) is 12.3. The molecule has 1 unspecified atom stereocenters. The minimum Gasteiger partial charge on any atom is -0.387 e. The monoisotopic (exact) mass is 348 g/mol. The van der Waals surface area contributed by atoms with E-state index < -0.39 is 29.7 Å². The van der Waals surface area contributed by atoms with E-state index in [2.05, 4.69) is 10.2 Å². The molecule has 24 heavy (non-hydrogen) atoms. The molecule has 1 N–H and O–H groups in total. The fourth-order valence-electron chi connectivity index (χ4n) is 2.69. The van der Waals surface area contributed by atoms with Gasteiger partial charge in [0.15, 0.2) is 0 Å². The molecule has 0 aliphatic carbocycles. The average Bonchev–Trinajstić information content (AvgIpc) is 2.90. The molecule has 1 aromatic heterocycles. The Kier molecular flexibility index (Phi) is 4.26. The van der Waals surface area contributed by atoms with Gasteiger partial charge >= 0.3 is 6.18 Å². The van der Waals surface area contributed by atoms with Crippen LogP contribution in [0.5, 0.6) is 0 Å². The zero-order valence-electron chi connectivity index (χ0n) is 12.3. The van der Waals surface area contributed by atoms with E-state index in [0.29, 0.717) is 6.07 Å². The van der Waals surface area contributed by atoms with Crippen LogP contribution in [-0.2, 0) is 19.3 Å². The van der Waals surface area contributed by atoms with Gasteiger partial charge < -0.3 is 9.67 Å². The van der Waals surface area contributed by atoms with Gasteiger partial charge in [-0.2, -0.15) is 13.2 Å². The number of halogens is 5. The topological polar surface area (TPSA) is 54.2 Å². The molecule has 1 atom stereocenters. The van der Waals surface area contributed by atoms with Crippen molar-refractivity contribution in [3.8, 4) is 0 Å². The first-order valence-corrected chi connectivity index (χ1v) is 7.10. The Hall–Kier alpha value is -2.07. The van der Waals surface area contributed by atoms with Gasteiger partial charge in [0.05, 0.1) is 12.6 Å². The van der Waals surface area contributed by atoms with Crippen molar-refractivity contribution in [3.63, 3.8) is 0 Å². The third kappa shape index (κ3) is 3.24. The molecule has 0 fully saturated rings. The molecule has 0 saturated heterocycles. The molecule has 1 aliphatic rings. The van der Waals surface area contributed by atoms with Gasteiger partial charge in [0.25, 0.3) is 0 Å². The fourth-order valence-corrected chi connectivity index (χ4v) is 2.69. The van der Waals surface area contributed by atoms with E-state index in [1.54, 1.807) is 4.90 Å². The molecule has 1 aliphatic heterocycles. The molecule has 1 aromatic carbocycles. The second-order valence-electron chi connectivity index (χ2n) is 5.51. The highest BCUT2D eigenvalue weighted by Gasteiger charge is 2.39. The number of β-amino-alcohol motifs (C(OH)–C–C–N with tert-alkyl or cyclic N) is 1. The van der Waals surface area contributed by atoms with Gasteiger partial charge in [-0.15, -0.1) is 10.2 Å². The average molecular weight is 348 g/mol. The summed E-state index contributed by atoms with van der Waals surface area (Å²) >= 11 is 0. The van der Waals surface area contributed by atoms with Crippen molar-refractivity contribution in [1.82, 2.24) is 19.7 Å². The number of hydrogen-bond donors (Lipinski definition) is 1. The van der Waals surface area contributed by atoms with Crippen LogP contribution in [0, 0.1) is 11.6 Å². The van der Waals surface area contributed by atoms with Crippen molar-refractivity contribution >= 4 is 0 Å². The Labute approximate surface area is 133 Å². The number of hydrogen-bond acceptors (Lipinski definition) is 4. The molecular weight excluding hydrogens is 335 g/mol. The van der Waals surface area contributed by atoms with Crippen LogP contribution in [0.3, 0.4) is 0 Å². The molecule has 130 valence electrons. The third-order valence-electron chi connectivity index (χ3n) is 3.84. The molecule has 0 spiro atoms. The number of rotatable bonds is 3. The second kappa shape index (κ2) is 6.10. The van der Waals surface area contributed by atoms with Crippen molar-refractivity contribution in [1.29, 1.82) is 0 Å². The molecule has 2 aromatic rings. The summed E-state index contributed by atoms with van der Waals surface area (Å²) in [5, 5.41) is 16.8. The first kappa shape index (κ1) is 16.8. The van der Waals surface area contributed by atoms with Crippen LogP contribution in [0.2, 0.25) is 0 Å². The predicted molar refractivity (Wildman–Crippen MR) is 71.6 cm³/mol. The van der Waals surface area contributed by atoms with Crippen LogP contribution in [0.25, 0.3) is 0 Å². The van der Waals surface area contributed by atoms with Gasteiger partial charge in [-0.3, -0.25) is 4.90 Å². The maximum atomic E-state index is 13.7. The van der Waals surface area contributed by atoms with Gasteiger partial charge in [-0.1, -0.05) is 6.07 Å². The van der Waals surface area contributed by atoms with E-state index in [1.807, 2.05) is 0 Å². The fraction of sp³-hybridized carbons (Fsp3) is 0.429. The molecule has 0 bridgehead atoms. The predicted octanol–water partition coefficient (Wildman–Crippen LogP) is 2.12. The van der Waals surface area contributed by atoms with Crippen LogP contribution in [0.1, 0.15) is 23.3 Å². The highest BCUT2D eigenvalue weighted by Crippen LogP contribution is 2.30. The first-order chi connectivity index (χ1) is 11.3. The summed E-state index contributed by atoms with van der Waals surface area (Å²) in [6.45, 7) is 0.253. The van der Waals surface area contributed by atoms with Crippen molar-refractivity contribution in [2.24, 2.45) is 0 Å². The SMILES string of the molecule is OC(CN1CCn2c(nnc2C(F)(F)F)C1)c1ccc(F)cc1F. The van der Waals surface area contributed by atoms with Crippen LogP contribution in [0.15, 0.2) is 18.2 Å². The normalized spacial score (nSPS) is 16.9. The van der Waals surface area contributed by atoms with Crippen LogP contribution >= 0.6 is 0 Å². The molecule has 10 heteroatoms. The van der Waals surface area contributed by atoms with E-state index in [4.69, 9.17) is 0 Å². The Balaban J connectivity index is 1.71. The summed E-state index contributed by atoms with van der Waals surface area (Å²) in [4.78, 5) is 1.64. The van der Waals surface area contributed by atoms with Gasteiger partial charge in [0, 0.05) is 31.3 Å². The molecule has 3 rings (SSSR count). The highest BCUT2D eigenvalue weighted by atomic mass is 19.4. The first-order valence-electron chi connectivity index (χ1n) is 7.10. The molecule has 0 amide bonds. The Morgan fingerprint density at radius 3 is 2.58 bits per heavy atom. The van der Waals surface area contributed by atoms with Crippen LogP contribution in [0.4, 0.5) is 22.0 Å². The number of aliphatic hydroxyl groups excluding tert-OH is 1. The zero-order chi connectivity index (χ0) is 17.5.